The van der Waals surface area contributed by atoms with Crippen molar-refractivity contribution in [3.8, 4) is 5.75 Å². The number of nitrogens with zero attached hydrogens (tertiary/aromatic N) is 2. The van der Waals surface area contributed by atoms with E-state index in [1.54, 1.807) is 12.4 Å². The van der Waals surface area contributed by atoms with Gasteiger partial charge < -0.3 is 10.1 Å². The van der Waals surface area contributed by atoms with Gasteiger partial charge in [-0.05, 0) is 49.9 Å². The monoisotopic (exact) mass is 341 g/mol. The van der Waals surface area contributed by atoms with Crippen LogP contribution in [0.15, 0.2) is 35.4 Å². The van der Waals surface area contributed by atoms with Crippen molar-refractivity contribution in [1.82, 2.24) is 14.9 Å². The fourth-order valence-corrected chi connectivity index (χ4v) is 2.74. The third-order valence-electron chi connectivity index (χ3n) is 4.14. The van der Waals surface area contributed by atoms with E-state index in [0.717, 1.165) is 29.7 Å². The average molecular weight is 341 g/mol. The lowest BCUT2D eigenvalue weighted by molar-refractivity contribution is -0.123. The van der Waals surface area contributed by atoms with Gasteiger partial charge in [-0.3, -0.25) is 14.2 Å². The summed E-state index contributed by atoms with van der Waals surface area (Å²) in [6, 6.07) is 7.44. The Morgan fingerprint density at radius 2 is 1.96 bits per heavy atom. The summed E-state index contributed by atoms with van der Waals surface area (Å²) in [6.07, 6.45) is 3.80. The van der Waals surface area contributed by atoms with Crippen LogP contribution in [0.25, 0.3) is 0 Å². The first-order chi connectivity index (χ1) is 12.0. The number of aryl methyl sites for hydroxylation is 2. The number of hydrogen-bond donors (Lipinski definition) is 1. The summed E-state index contributed by atoms with van der Waals surface area (Å²) < 4.78 is 7.02. The van der Waals surface area contributed by atoms with Crippen molar-refractivity contribution in [3.05, 3.63) is 57.8 Å². The standard InChI is InChI=1S/C19H23N3O3/c1-13-7-14(2)9-16(8-13)25-11-18(23)20-5-6-22-12-21-17(10-19(22)24)15-3-4-15/h7-10,12,15H,3-6,11H2,1-2H3,(H,20,23). The predicted molar refractivity (Wildman–Crippen MR) is 94.9 cm³/mol. The molecule has 0 saturated heterocycles. The lowest BCUT2D eigenvalue weighted by atomic mass is 10.1. The molecule has 1 aromatic carbocycles. The Labute approximate surface area is 146 Å². The molecule has 0 radical (unpaired) electrons. The lowest BCUT2D eigenvalue weighted by Gasteiger charge is -2.10. The van der Waals surface area contributed by atoms with Gasteiger partial charge in [-0.1, -0.05) is 6.07 Å². The van der Waals surface area contributed by atoms with Gasteiger partial charge in [-0.15, -0.1) is 0 Å². The molecule has 1 heterocycles. The maximum atomic E-state index is 12.0. The minimum absolute atomic E-state index is 0.0450. The van der Waals surface area contributed by atoms with E-state index < -0.39 is 0 Å². The second kappa shape index (κ2) is 7.51. The van der Waals surface area contributed by atoms with E-state index >= 15 is 0 Å². The van der Waals surface area contributed by atoms with Crippen LogP contribution in [-0.2, 0) is 11.3 Å². The Hall–Kier alpha value is -2.63. The molecule has 1 aliphatic carbocycles. The van der Waals surface area contributed by atoms with E-state index in [0.29, 0.717) is 24.8 Å². The van der Waals surface area contributed by atoms with Gasteiger partial charge in [0.1, 0.15) is 5.75 Å². The lowest BCUT2D eigenvalue weighted by Crippen LogP contribution is -2.33. The normalized spacial score (nSPS) is 13.5. The number of amides is 1. The summed E-state index contributed by atoms with van der Waals surface area (Å²) in [7, 11) is 0. The van der Waals surface area contributed by atoms with Crippen molar-refractivity contribution in [2.75, 3.05) is 13.2 Å². The number of rotatable bonds is 7. The summed E-state index contributed by atoms with van der Waals surface area (Å²) in [5.74, 6) is 0.933. The highest BCUT2D eigenvalue weighted by Crippen LogP contribution is 2.38. The first kappa shape index (κ1) is 17.2. The third kappa shape index (κ3) is 4.92. The summed E-state index contributed by atoms with van der Waals surface area (Å²) in [6.45, 7) is 4.68. The van der Waals surface area contributed by atoms with Crippen LogP contribution in [0.3, 0.4) is 0 Å². The van der Waals surface area contributed by atoms with Gasteiger partial charge in [0.25, 0.3) is 11.5 Å². The quantitative estimate of drug-likeness (QED) is 0.835. The highest BCUT2D eigenvalue weighted by Gasteiger charge is 2.25. The molecule has 132 valence electrons. The average Bonchev–Trinajstić information content (AvgIpc) is 3.38. The van der Waals surface area contributed by atoms with Crippen LogP contribution in [0.5, 0.6) is 5.75 Å². The Morgan fingerprint density at radius 3 is 2.60 bits per heavy atom. The molecule has 25 heavy (non-hydrogen) atoms. The van der Waals surface area contributed by atoms with Gasteiger partial charge in [0.05, 0.1) is 12.0 Å². The molecule has 0 aliphatic heterocycles. The molecule has 1 aliphatic rings. The van der Waals surface area contributed by atoms with Crippen LogP contribution in [0.1, 0.15) is 35.6 Å². The van der Waals surface area contributed by atoms with E-state index in [2.05, 4.69) is 10.3 Å². The molecule has 1 saturated carbocycles. The van der Waals surface area contributed by atoms with E-state index in [1.807, 2.05) is 32.0 Å². The zero-order chi connectivity index (χ0) is 17.8. The summed E-state index contributed by atoms with van der Waals surface area (Å²) in [4.78, 5) is 28.2. The summed E-state index contributed by atoms with van der Waals surface area (Å²) in [5, 5.41) is 2.76. The highest BCUT2D eigenvalue weighted by molar-refractivity contribution is 5.77. The second-order valence-electron chi connectivity index (χ2n) is 6.58. The van der Waals surface area contributed by atoms with Crippen LogP contribution < -0.4 is 15.6 Å². The maximum absolute atomic E-state index is 12.0. The fourth-order valence-electron chi connectivity index (χ4n) is 2.74. The zero-order valence-corrected chi connectivity index (χ0v) is 14.6. The van der Waals surface area contributed by atoms with Crippen LogP contribution in [-0.4, -0.2) is 28.6 Å². The van der Waals surface area contributed by atoms with Crippen molar-refractivity contribution in [3.63, 3.8) is 0 Å². The molecule has 0 spiro atoms. The number of carbonyl (C=O) groups excluding carboxylic acids is 1. The van der Waals surface area contributed by atoms with Crippen LogP contribution in [0.4, 0.5) is 0 Å². The van der Waals surface area contributed by atoms with E-state index in [1.165, 1.54) is 4.57 Å². The van der Waals surface area contributed by atoms with E-state index in [-0.39, 0.29) is 18.1 Å². The molecule has 6 heteroatoms. The van der Waals surface area contributed by atoms with Crippen molar-refractivity contribution >= 4 is 5.91 Å². The number of benzene rings is 1. The van der Waals surface area contributed by atoms with Gasteiger partial charge in [-0.25, -0.2) is 4.98 Å². The van der Waals surface area contributed by atoms with Gasteiger partial charge in [0.15, 0.2) is 6.61 Å². The molecule has 2 aromatic rings. The molecule has 1 fully saturated rings. The minimum atomic E-state index is -0.213. The molecular formula is C19H23N3O3. The molecule has 1 aromatic heterocycles. The molecule has 0 bridgehead atoms. The first-order valence-electron chi connectivity index (χ1n) is 8.55. The van der Waals surface area contributed by atoms with Crippen LogP contribution in [0, 0.1) is 13.8 Å². The van der Waals surface area contributed by atoms with Gasteiger partial charge >= 0.3 is 0 Å². The number of hydrogen-bond acceptors (Lipinski definition) is 4. The van der Waals surface area contributed by atoms with Crippen molar-refractivity contribution < 1.29 is 9.53 Å². The van der Waals surface area contributed by atoms with Crippen molar-refractivity contribution in [1.29, 1.82) is 0 Å². The largest absolute Gasteiger partial charge is 0.484 e. The number of nitrogens with one attached hydrogen (secondary N) is 1. The molecule has 0 atom stereocenters. The number of aromatic nitrogens is 2. The topological polar surface area (TPSA) is 73.2 Å². The molecule has 0 unspecified atom stereocenters. The third-order valence-corrected chi connectivity index (χ3v) is 4.14. The molecule has 1 amide bonds. The molecular weight excluding hydrogens is 318 g/mol. The zero-order valence-electron chi connectivity index (χ0n) is 14.6. The minimum Gasteiger partial charge on any atom is -0.484 e. The smallest absolute Gasteiger partial charge is 0.258 e. The Kier molecular flexibility index (Phi) is 5.16. The Balaban J connectivity index is 1.44. The molecule has 6 nitrogen and oxygen atoms in total. The number of carbonyl (C=O) groups is 1. The summed E-state index contributed by atoms with van der Waals surface area (Å²) in [5.41, 5.74) is 3.00. The predicted octanol–water partition coefficient (Wildman–Crippen LogP) is 1.93. The Bertz CT molecular complexity index is 805. The SMILES string of the molecule is Cc1cc(C)cc(OCC(=O)NCCn2cnc(C3CC3)cc2=O)c1. The molecule has 1 N–H and O–H groups in total. The van der Waals surface area contributed by atoms with Gasteiger partial charge in [0.2, 0.25) is 0 Å². The van der Waals surface area contributed by atoms with Gasteiger partial charge in [0, 0.05) is 25.1 Å². The van der Waals surface area contributed by atoms with Crippen molar-refractivity contribution in [2.45, 2.75) is 39.2 Å². The molecule has 3 rings (SSSR count). The van der Waals surface area contributed by atoms with E-state index in [9.17, 15) is 9.59 Å². The Morgan fingerprint density at radius 1 is 1.24 bits per heavy atom. The highest BCUT2D eigenvalue weighted by atomic mass is 16.5. The van der Waals surface area contributed by atoms with Crippen LogP contribution >= 0.6 is 0 Å². The summed E-state index contributed by atoms with van der Waals surface area (Å²) >= 11 is 0. The van der Waals surface area contributed by atoms with Crippen LogP contribution in [0.2, 0.25) is 0 Å². The first-order valence-corrected chi connectivity index (χ1v) is 8.55. The fraction of sp³-hybridized carbons (Fsp3) is 0.421. The second-order valence-corrected chi connectivity index (χ2v) is 6.58. The van der Waals surface area contributed by atoms with Crippen molar-refractivity contribution in [2.24, 2.45) is 0 Å². The maximum Gasteiger partial charge on any atom is 0.258 e. The van der Waals surface area contributed by atoms with Gasteiger partial charge in [-0.2, -0.15) is 0 Å². The van der Waals surface area contributed by atoms with E-state index in [4.69, 9.17) is 4.74 Å². The number of ether oxygens (including phenoxy) is 1.